The fourth-order valence-electron chi connectivity index (χ4n) is 2.14. The Morgan fingerprint density at radius 1 is 1.56 bits per heavy atom. The molecule has 96 valence electrons. The number of aryl methyl sites for hydroxylation is 1. The molecule has 1 amide bonds. The van der Waals surface area contributed by atoms with Crippen LogP contribution in [0.5, 0.6) is 0 Å². The Morgan fingerprint density at radius 2 is 2.22 bits per heavy atom. The number of rotatable bonds is 2. The van der Waals surface area contributed by atoms with Crippen LogP contribution in [0, 0.1) is 18.3 Å². The smallest absolute Gasteiger partial charge is 0.262 e. The molecular weight excluding hydrogens is 246 g/mol. The Labute approximate surface area is 111 Å². The van der Waals surface area contributed by atoms with Gasteiger partial charge in [-0.05, 0) is 43.8 Å². The molecule has 0 spiro atoms. The summed E-state index contributed by atoms with van der Waals surface area (Å²) in [5.41, 5.74) is 0.276. The van der Waals surface area contributed by atoms with E-state index in [1.165, 1.54) is 11.3 Å². The van der Waals surface area contributed by atoms with E-state index in [9.17, 15) is 10.1 Å². The van der Waals surface area contributed by atoms with E-state index >= 15 is 0 Å². The molecule has 5 heteroatoms. The number of piperidine rings is 1. The number of likely N-dealkylation sites (tertiary alicyclic amines) is 1. The topological polar surface area (TPSA) is 56.1 Å². The molecule has 0 atom stereocenters. The highest BCUT2D eigenvalue weighted by atomic mass is 32.1. The Bertz CT molecular complexity index is 481. The number of nitrogens with one attached hydrogen (secondary N) is 1. The van der Waals surface area contributed by atoms with E-state index in [0.717, 1.165) is 18.7 Å². The van der Waals surface area contributed by atoms with E-state index in [0.29, 0.717) is 17.7 Å². The van der Waals surface area contributed by atoms with Gasteiger partial charge in [0.2, 0.25) is 0 Å². The minimum atomic E-state index is -0.694. The Balaban J connectivity index is 2.10. The summed E-state index contributed by atoms with van der Waals surface area (Å²) in [6.45, 7) is 3.60. The number of carbonyl (C=O) groups is 1. The van der Waals surface area contributed by atoms with Gasteiger partial charge in [0, 0.05) is 13.1 Å². The second-order valence-electron chi connectivity index (χ2n) is 4.88. The van der Waals surface area contributed by atoms with Crippen LogP contribution in [0.25, 0.3) is 0 Å². The van der Waals surface area contributed by atoms with Gasteiger partial charge in [-0.3, -0.25) is 4.79 Å². The molecule has 4 nitrogen and oxygen atoms in total. The second-order valence-corrected chi connectivity index (χ2v) is 5.80. The maximum Gasteiger partial charge on any atom is 0.262 e. The molecule has 0 bridgehead atoms. The predicted molar refractivity (Wildman–Crippen MR) is 71.6 cm³/mol. The number of amides is 1. The second kappa shape index (κ2) is 5.09. The monoisotopic (exact) mass is 263 g/mol. The number of hydrogen-bond donors (Lipinski definition) is 1. The van der Waals surface area contributed by atoms with E-state index in [-0.39, 0.29) is 5.91 Å². The zero-order valence-electron chi connectivity index (χ0n) is 10.7. The Hall–Kier alpha value is -1.38. The zero-order chi connectivity index (χ0) is 13.2. The maximum absolute atomic E-state index is 12.2. The van der Waals surface area contributed by atoms with Crippen LogP contribution in [0.15, 0.2) is 11.4 Å². The summed E-state index contributed by atoms with van der Waals surface area (Å²) >= 11 is 1.42. The van der Waals surface area contributed by atoms with E-state index < -0.39 is 5.54 Å². The van der Waals surface area contributed by atoms with E-state index in [2.05, 4.69) is 16.3 Å². The Kier molecular flexibility index (Phi) is 3.69. The minimum Gasteiger partial charge on any atom is -0.333 e. The average molecular weight is 263 g/mol. The molecule has 0 radical (unpaired) electrons. The summed E-state index contributed by atoms with van der Waals surface area (Å²) in [6.07, 6.45) is 1.38. The normalized spacial score (nSPS) is 19.2. The van der Waals surface area contributed by atoms with Crippen molar-refractivity contribution in [3.05, 3.63) is 21.9 Å². The minimum absolute atomic E-state index is 0.117. The Morgan fingerprint density at radius 3 is 2.72 bits per heavy atom. The van der Waals surface area contributed by atoms with Crippen molar-refractivity contribution >= 4 is 17.2 Å². The predicted octanol–water partition coefficient (Wildman–Crippen LogP) is 1.77. The van der Waals surface area contributed by atoms with Gasteiger partial charge in [-0.1, -0.05) is 0 Å². The molecule has 1 aromatic rings. The van der Waals surface area contributed by atoms with Crippen molar-refractivity contribution in [3.63, 3.8) is 0 Å². The van der Waals surface area contributed by atoms with Crippen LogP contribution in [-0.4, -0.2) is 36.5 Å². The molecule has 0 aromatic carbocycles. The van der Waals surface area contributed by atoms with Crippen molar-refractivity contribution in [3.8, 4) is 6.07 Å². The molecular formula is C13H17N3OS. The molecule has 18 heavy (non-hydrogen) atoms. The summed E-state index contributed by atoms with van der Waals surface area (Å²) < 4.78 is 0. The van der Waals surface area contributed by atoms with Gasteiger partial charge in [-0.25, -0.2) is 0 Å². The molecule has 1 aromatic heterocycles. The van der Waals surface area contributed by atoms with Crippen molar-refractivity contribution < 1.29 is 4.79 Å². The zero-order valence-corrected chi connectivity index (χ0v) is 11.5. The third-order valence-electron chi connectivity index (χ3n) is 3.48. The van der Waals surface area contributed by atoms with Gasteiger partial charge in [0.15, 0.2) is 0 Å². The molecule has 1 fully saturated rings. The van der Waals surface area contributed by atoms with Crippen molar-refractivity contribution in [1.29, 1.82) is 5.26 Å². The molecule has 0 saturated carbocycles. The first kappa shape index (κ1) is 13.1. The molecule has 1 N–H and O–H groups in total. The standard InChI is InChI=1S/C13H17N3OS/c1-10-3-8-18-11(10)12(17)15-13(9-14)4-6-16(2)7-5-13/h3,8H,4-7H2,1-2H3,(H,15,17). The first-order valence-corrected chi connectivity index (χ1v) is 6.91. The lowest BCUT2D eigenvalue weighted by molar-refractivity contribution is 0.0885. The highest BCUT2D eigenvalue weighted by Crippen LogP contribution is 2.23. The van der Waals surface area contributed by atoms with Crippen molar-refractivity contribution in [2.24, 2.45) is 0 Å². The lowest BCUT2D eigenvalue weighted by Gasteiger charge is -2.35. The number of nitrogens with zero attached hydrogens (tertiary/aromatic N) is 2. The molecule has 1 aliphatic rings. The summed E-state index contributed by atoms with van der Waals surface area (Å²) in [5, 5.41) is 14.2. The molecule has 1 aliphatic heterocycles. The molecule has 0 unspecified atom stereocenters. The van der Waals surface area contributed by atoms with Crippen LogP contribution in [0.4, 0.5) is 0 Å². The van der Waals surface area contributed by atoms with Crippen LogP contribution < -0.4 is 5.32 Å². The summed E-state index contributed by atoms with van der Waals surface area (Å²) in [7, 11) is 2.03. The number of hydrogen-bond acceptors (Lipinski definition) is 4. The molecule has 2 heterocycles. The van der Waals surface area contributed by atoms with Gasteiger partial charge in [-0.2, -0.15) is 5.26 Å². The third kappa shape index (κ3) is 2.55. The average Bonchev–Trinajstić information content (AvgIpc) is 2.79. The fraction of sp³-hybridized carbons (Fsp3) is 0.538. The van der Waals surface area contributed by atoms with Crippen LogP contribution in [0.1, 0.15) is 28.1 Å². The lowest BCUT2D eigenvalue weighted by atomic mass is 9.89. The van der Waals surface area contributed by atoms with Gasteiger partial charge in [0.25, 0.3) is 5.91 Å². The van der Waals surface area contributed by atoms with Crippen LogP contribution >= 0.6 is 11.3 Å². The van der Waals surface area contributed by atoms with E-state index in [1.54, 1.807) is 0 Å². The molecule has 0 aliphatic carbocycles. The first-order chi connectivity index (χ1) is 8.56. The fourth-order valence-corrected chi connectivity index (χ4v) is 2.96. The van der Waals surface area contributed by atoms with Crippen molar-refractivity contribution in [2.75, 3.05) is 20.1 Å². The first-order valence-electron chi connectivity index (χ1n) is 6.03. The van der Waals surface area contributed by atoms with Gasteiger partial charge in [0.05, 0.1) is 10.9 Å². The quantitative estimate of drug-likeness (QED) is 0.884. The van der Waals surface area contributed by atoms with E-state index in [4.69, 9.17) is 0 Å². The molecule has 1 saturated heterocycles. The highest BCUT2D eigenvalue weighted by Gasteiger charge is 2.35. The number of carbonyl (C=O) groups excluding carboxylic acids is 1. The van der Waals surface area contributed by atoms with Crippen LogP contribution in [-0.2, 0) is 0 Å². The summed E-state index contributed by atoms with van der Waals surface area (Å²) in [6, 6.07) is 4.22. The van der Waals surface area contributed by atoms with Gasteiger partial charge in [0.1, 0.15) is 5.54 Å². The summed E-state index contributed by atoms with van der Waals surface area (Å²) in [5.74, 6) is -0.117. The van der Waals surface area contributed by atoms with Gasteiger partial charge in [-0.15, -0.1) is 11.3 Å². The van der Waals surface area contributed by atoms with Gasteiger partial charge < -0.3 is 10.2 Å². The number of nitriles is 1. The maximum atomic E-state index is 12.2. The summed E-state index contributed by atoms with van der Waals surface area (Å²) in [4.78, 5) is 15.1. The largest absolute Gasteiger partial charge is 0.333 e. The lowest BCUT2D eigenvalue weighted by Crippen LogP contribution is -2.53. The molecule has 2 rings (SSSR count). The van der Waals surface area contributed by atoms with E-state index in [1.807, 2.05) is 25.4 Å². The van der Waals surface area contributed by atoms with Crippen molar-refractivity contribution in [2.45, 2.75) is 25.3 Å². The highest BCUT2D eigenvalue weighted by molar-refractivity contribution is 7.12. The van der Waals surface area contributed by atoms with Gasteiger partial charge >= 0.3 is 0 Å². The third-order valence-corrected chi connectivity index (χ3v) is 4.49. The SMILES string of the molecule is Cc1ccsc1C(=O)NC1(C#N)CCN(C)CC1. The van der Waals surface area contributed by atoms with Crippen LogP contribution in [0.3, 0.4) is 0 Å². The van der Waals surface area contributed by atoms with Crippen molar-refractivity contribution in [1.82, 2.24) is 10.2 Å². The van der Waals surface area contributed by atoms with Crippen LogP contribution in [0.2, 0.25) is 0 Å². The number of thiophene rings is 1.